The predicted octanol–water partition coefficient (Wildman–Crippen LogP) is 12.7. The molecule has 1 heterocycles. The van der Waals surface area contributed by atoms with Crippen molar-refractivity contribution in [1.29, 1.82) is 0 Å². The van der Waals surface area contributed by atoms with Gasteiger partial charge >= 0.3 is 35.8 Å². The Balaban J connectivity index is 0.825. The number of unbranched alkanes of at least 4 members (excludes halogenated alkanes) is 6. The highest BCUT2D eigenvalue weighted by molar-refractivity contribution is 7.22. The Morgan fingerprint density at radius 1 is 0.570 bits per heavy atom. The molecule has 0 aliphatic heterocycles. The number of ether oxygens (including phenoxy) is 8. The summed E-state index contributed by atoms with van der Waals surface area (Å²) in [7, 11) is 0. The lowest BCUT2D eigenvalue weighted by molar-refractivity contribution is -0.155. The SMILES string of the molecule is C=CC(=O)OCCCCCCOC1=CCC(OC(=O)C2CCC(C(=O)Oc3ccc(CCOC(=O)C4CCC(C(=O)Oc5ccc(OCCCCCCOC(=O)C=C)cc5)CC4)c4sc(N=Nc5ccccc5)nc34)CC2)C=C1. The van der Waals surface area contributed by atoms with Crippen molar-refractivity contribution in [1.82, 2.24) is 4.98 Å². The summed E-state index contributed by atoms with van der Waals surface area (Å²) in [6.07, 6.45) is 19.4. The third-order valence-corrected chi connectivity index (χ3v) is 15.0. The minimum Gasteiger partial charge on any atom is -0.494 e. The number of hydrogen-bond donors (Lipinski definition) is 0. The van der Waals surface area contributed by atoms with E-state index in [1.165, 1.54) is 11.3 Å². The Bertz CT molecular complexity index is 2770. The van der Waals surface area contributed by atoms with E-state index in [9.17, 15) is 28.8 Å². The van der Waals surface area contributed by atoms with Gasteiger partial charge in [-0.25, -0.2) is 14.6 Å². The van der Waals surface area contributed by atoms with E-state index in [1.807, 2.05) is 54.6 Å². The maximum absolute atomic E-state index is 13.7. The zero-order valence-electron chi connectivity index (χ0n) is 44.8. The molecule has 3 aliphatic carbocycles. The van der Waals surface area contributed by atoms with Crippen LogP contribution >= 0.6 is 11.3 Å². The van der Waals surface area contributed by atoms with Crippen LogP contribution in [0.4, 0.5) is 10.8 Å². The molecule has 420 valence electrons. The third-order valence-electron chi connectivity index (χ3n) is 14.0. The molecule has 4 aromatic rings. The Morgan fingerprint density at radius 2 is 1.13 bits per heavy atom. The summed E-state index contributed by atoms with van der Waals surface area (Å²) >= 11 is 1.30. The van der Waals surface area contributed by atoms with Gasteiger partial charge in [0.2, 0.25) is 5.13 Å². The average Bonchev–Trinajstić information content (AvgIpc) is 4.10. The first-order valence-corrected chi connectivity index (χ1v) is 28.4. The third kappa shape index (κ3) is 19.4. The van der Waals surface area contributed by atoms with Gasteiger partial charge in [-0.05, 0) is 169 Å². The fourth-order valence-electron chi connectivity index (χ4n) is 9.43. The van der Waals surface area contributed by atoms with Crippen LogP contribution in [-0.4, -0.2) is 79.9 Å². The monoisotopic (exact) mass is 1100 g/mol. The second kappa shape index (κ2) is 31.8. The maximum Gasteiger partial charge on any atom is 0.330 e. The number of azo groups is 1. The molecule has 17 nitrogen and oxygen atoms in total. The molecule has 3 aliphatic rings. The van der Waals surface area contributed by atoms with E-state index >= 15 is 0 Å². The molecule has 1 aromatic heterocycles. The molecule has 18 heteroatoms. The number of fused-ring (bicyclic) bond motifs is 1. The van der Waals surface area contributed by atoms with Gasteiger partial charge in [0.25, 0.3) is 0 Å². The molecule has 1 unspecified atom stereocenters. The predicted molar refractivity (Wildman–Crippen MR) is 296 cm³/mol. The summed E-state index contributed by atoms with van der Waals surface area (Å²) < 4.78 is 45.8. The van der Waals surface area contributed by atoms with E-state index in [2.05, 4.69) is 23.4 Å². The van der Waals surface area contributed by atoms with E-state index in [0.29, 0.717) is 118 Å². The lowest BCUT2D eigenvalue weighted by Crippen LogP contribution is -2.31. The summed E-state index contributed by atoms with van der Waals surface area (Å²) in [5, 5.41) is 9.11. The van der Waals surface area contributed by atoms with Crippen molar-refractivity contribution in [3.05, 3.63) is 122 Å². The summed E-state index contributed by atoms with van der Waals surface area (Å²) in [5.41, 5.74) is 1.94. The minimum atomic E-state index is -0.414. The van der Waals surface area contributed by atoms with Gasteiger partial charge in [0.15, 0.2) is 5.75 Å². The molecule has 0 spiro atoms. The van der Waals surface area contributed by atoms with Crippen LogP contribution in [0, 0.1) is 23.7 Å². The highest BCUT2D eigenvalue weighted by atomic mass is 32.1. The van der Waals surface area contributed by atoms with Crippen LogP contribution < -0.4 is 14.2 Å². The molecular weight excluding hydrogens is 1030 g/mol. The Kier molecular flexibility index (Phi) is 23.8. The molecule has 0 radical (unpaired) electrons. The lowest BCUT2D eigenvalue weighted by atomic mass is 9.82. The topological polar surface area (TPSA) is 214 Å². The fourth-order valence-corrected chi connectivity index (χ4v) is 10.4. The van der Waals surface area contributed by atoms with Crippen LogP contribution in [0.15, 0.2) is 126 Å². The van der Waals surface area contributed by atoms with E-state index < -0.39 is 23.8 Å². The molecule has 0 saturated heterocycles. The summed E-state index contributed by atoms with van der Waals surface area (Å²) in [6, 6.07) is 19.8. The van der Waals surface area contributed by atoms with Gasteiger partial charge in [0, 0.05) is 25.0 Å². The summed E-state index contributed by atoms with van der Waals surface area (Å²) in [6.45, 7) is 8.75. The molecule has 7 rings (SSSR count). The van der Waals surface area contributed by atoms with Crippen molar-refractivity contribution in [2.45, 2.75) is 122 Å². The molecule has 0 amide bonds. The Labute approximate surface area is 465 Å². The maximum atomic E-state index is 13.7. The van der Waals surface area contributed by atoms with Crippen LogP contribution in [0.2, 0.25) is 0 Å². The van der Waals surface area contributed by atoms with Crippen molar-refractivity contribution in [2.75, 3.05) is 33.0 Å². The first-order valence-electron chi connectivity index (χ1n) is 27.6. The molecule has 79 heavy (non-hydrogen) atoms. The Hall–Kier alpha value is -7.47. The number of aromatic nitrogens is 1. The first kappa shape index (κ1) is 59.2. The van der Waals surface area contributed by atoms with Gasteiger partial charge in [-0.3, -0.25) is 19.2 Å². The van der Waals surface area contributed by atoms with Crippen LogP contribution in [0.25, 0.3) is 10.2 Å². The molecule has 3 aromatic carbocycles. The second-order valence-electron chi connectivity index (χ2n) is 19.7. The highest BCUT2D eigenvalue weighted by Gasteiger charge is 2.34. The number of esters is 6. The van der Waals surface area contributed by atoms with E-state index in [-0.39, 0.29) is 54.1 Å². The fraction of sp³-hybridized carbons (Fsp3) is 0.459. The smallest absolute Gasteiger partial charge is 0.330 e. The van der Waals surface area contributed by atoms with Crippen molar-refractivity contribution >= 4 is 68.2 Å². The molecule has 0 N–H and O–H groups in total. The average molecular weight is 1100 g/mol. The van der Waals surface area contributed by atoms with Crippen LogP contribution in [0.1, 0.15) is 115 Å². The number of carbonyl (C=O) groups is 6. The number of carbonyl (C=O) groups excluding carboxylic acids is 6. The number of thiazole rings is 1. The zero-order valence-corrected chi connectivity index (χ0v) is 45.6. The summed E-state index contributed by atoms with van der Waals surface area (Å²) in [5.74, 6) is -1.41. The van der Waals surface area contributed by atoms with Crippen LogP contribution in [0.3, 0.4) is 0 Å². The number of nitrogens with zero attached hydrogens (tertiary/aromatic N) is 3. The Morgan fingerprint density at radius 3 is 1.72 bits per heavy atom. The van der Waals surface area contributed by atoms with Crippen molar-refractivity contribution in [2.24, 2.45) is 33.9 Å². The molecule has 1 atom stereocenters. The molecule has 0 bridgehead atoms. The standard InChI is InChI=1S/C61H71N3O14S/c1-3-53(65)73-39-14-7-5-12-37-71-48-27-31-50(32-28-48)76-58(68)44-20-18-43(19-21-44)57(67)75-41-36-42-26-35-52(55-56(42)79-61(62-55)64-63-47-16-10-9-11-17-47)78-60(70)46-24-22-45(23-25-46)59(69)77-51-33-29-49(30-34-51)72-38-13-6-8-15-40-74-54(66)4-2/h3-4,9-11,16-17,26-33,35,43-46,51H,1-2,5-8,12-15,18-25,34,36-41H2. The van der Waals surface area contributed by atoms with Crippen molar-refractivity contribution < 1.29 is 66.7 Å². The van der Waals surface area contributed by atoms with Gasteiger partial charge in [-0.1, -0.05) is 48.8 Å². The molecular formula is C61H71N3O14S. The summed E-state index contributed by atoms with van der Waals surface area (Å²) in [4.78, 5) is 80.3. The van der Waals surface area contributed by atoms with Crippen molar-refractivity contribution in [3.8, 4) is 17.2 Å². The molecule has 2 saturated carbocycles. The molecule has 2 fully saturated rings. The number of hydrogen-bond acceptors (Lipinski definition) is 18. The van der Waals surface area contributed by atoms with Gasteiger partial charge in [0.05, 0.1) is 67.1 Å². The zero-order chi connectivity index (χ0) is 55.6. The number of rotatable bonds is 30. The first-order chi connectivity index (χ1) is 38.5. The normalized spacial score (nSPS) is 18.9. The van der Waals surface area contributed by atoms with Gasteiger partial charge < -0.3 is 37.9 Å². The van der Waals surface area contributed by atoms with E-state index in [0.717, 1.165) is 79.5 Å². The quantitative estimate of drug-likeness (QED) is 0.0119. The minimum absolute atomic E-state index is 0.110. The van der Waals surface area contributed by atoms with Gasteiger partial charge in [-0.2, -0.15) is 0 Å². The van der Waals surface area contributed by atoms with Crippen molar-refractivity contribution in [3.63, 3.8) is 0 Å². The van der Waals surface area contributed by atoms with E-state index in [4.69, 9.17) is 42.9 Å². The highest BCUT2D eigenvalue weighted by Crippen LogP contribution is 2.39. The number of allylic oxidation sites excluding steroid dienone is 1. The van der Waals surface area contributed by atoms with Crippen LogP contribution in [0.5, 0.6) is 17.2 Å². The largest absolute Gasteiger partial charge is 0.494 e. The van der Waals surface area contributed by atoms with E-state index in [1.54, 1.807) is 30.3 Å². The lowest BCUT2D eigenvalue weighted by Gasteiger charge is -2.27. The second-order valence-corrected chi connectivity index (χ2v) is 20.7. The van der Waals surface area contributed by atoms with Crippen LogP contribution in [-0.2, 0) is 58.9 Å². The number of benzene rings is 3. The van der Waals surface area contributed by atoms with Gasteiger partial charge in [-0.15, -0.1) is 10.2 Å². The van der Waals surface area contributed by atoms with Gasteiger partial charge in [0.1, 0.15) is 28.9 Å².